The molecule has 8 heterocycles. The Kier molecular flexibility index (Phi) is 12.9. The molecule has 0 amide bonds. The topological polar surface area (TPSA) is 209 Å². The Morgan fingerprint density at radius 1 is 0.919 bits per heavy atom. The number of ketones is 1. The first-order chi connectivity index (χ1) is 29.1. The quantitative estimate of drug-likeness (QED) is 0.167. The first-order valence-electron chi connectivity index (χ1n) is 23.4. The fourth-order valence-corrected chi connectivity index (χ4v) is 12.1. The summed E-state index contributed by atoms with van der Waals surface area (Å²) in [5.41, 5.74) is -1.22. The van der Waals surface area contributed by atoms with E-state index in [-0.39, 0.29) is 36.6 Å². The van der Waals surface area contributed by atoms with Gasteiger partial charge in [-0.25, -0.2) is 0 Å². The molecule has 15 nitrogen and oxygen atoms in total. The van der Waals surface area contributed by atoms with Gasteiger partial charge in [0, 0.05) is 38.5 Å². The molecule has 15 heteroatoms. The number of allylic oxidation sites excluding steroid dienone is 3. The average Bonchev–Trinajstić information content (AvgIpc) is 4.02. The molecular weight excluding hydrogens is 805 g/mol. The third-order valence-electron chi connectivity index (χ3n) is 15.7. The summed E-state index contributed by atoms with van der Waals surface area (Å²) in [4.78, 5) is 25.5. The number of Topliss-reactive ketones (excluding diaryl/α,β-unsaturated/α-hetero) is 1. The zero-order valence-electron chi connectivity index (χ0n) is 37.7. The highest BCUT2D eigenvalue weighted by atomic mass is 16.8. The first-order valence-corrected chi connectivity index (χ1v) is 23.4. The van der Waals surface area contributed by atoms with Gasteiger partial charge in [0.25, 0.3) is 0 Å². The van der Waals surface area contributed by atoms with Crippen LogP contribution in [0.15, 0.2) is 23.8 Å². The Bertz CT molecular complexity index is 1740. The lowest BCUT2D eigenvalue weighted by atomic mass is 9.87. The van der Waals surface area contributed by atoms with Crippen LogP contribution in [0, 0.1) is 17.8 Å². The zero-order chi connectivity index (χ0) is 44.6. The molecule has 8 aliphatic heterocycles. The van der Waals surface area contributed by atoms with Gasteiger partial charge in [-0.3, -0.25) is 9.59 Å². The number of carboxylic acid groups (broad SMARTS) is 1. The second kappa shape index (κ2) is 17.1. The standard InChI is InChI=1S/C47H72O15/c1-26(10-11-33-30(48)22-37(56-33)47(54)39(50)28(3)14-20-55-47)21-27(2)23-42(5)16-13-36(60-42)46-19-18-43(6,62-46)25-35(59-46)38-31(49)24-44(7,61-38)40(51)34-12-17-45(58-34)15-8-9-32(57-45)29(4)41(52)53/h10-11,21,27-30,32-40,48,50-51,54H,8-9,12-20,22-25H2,1-7H3,(H,52,53)/b11-10+,26-21+/t27-,28+,29+,30+,32+,33+,34-,35+,36+,37+,38-,39+,40-,42+,43-,44+,45-,46-,47+/m0/s1. The van der Waals surface area contributed by atoms with Crippen LogP contribution in [0.5, 0.6) is 0 Å². The lowest BCUT2D eigenvalue weighted by Crippen LogP contribution is -2.59. The largest absolute Gasteiger partial charge is 0.481 e. The van der Waals surface area contributed by atoms with Crippen molar-refractivity contribution in [3.8, 4) is 0 Å². The van der Waals surface area contributed by atoms with E-state index in [2.05, 4.69) is 26.8 Å². The van der Waals surface area contributed by atoms with Crippen LogP contribution in [0.1, 0.15) is 138 Å². The molecule has 0 aromatic carbocycles. The minimum atomic E-state index is -1.86. The fraction of sp³-hybridized carbons (Fsp3) is 0.872. The van der Waals surface area contributed by atoms with Gasteiger partial charge in [0.1, 0.15) is 42.2 Å². The van der Waals surface area contributed by atoms with Crippen LogP contribution >= 0.6 is 0 Å². The molecule has 8 saturated heterocycles. The first kappa shape index (κ1) is 46.7. The normalized spacial score (nSPS) is 50.2. The van der Waals surface area contributed by atoms with E-state index in [1.807, 2.05) is 19.9 Å². The number of aliphatic hydroxyl groups is 4. The molecule has 350 valence electrons. The van der Waals surface area contributed by atoms with Crippen molar-refractivity contribution in [1.29, 1.82) is 0 Å². The van der Waals surface area contributed by atoms with Crippen LogP contribution in [0.3, 0.4) is 0 Å². The Morgan fingerprint density at radius 2 is 1.68 bits per heavy atom. The highest BCUT2D eigenvalue weighted by molar-refractivity contribution is 5.86. The van der Waals surface area contributed by atoms with Crippen LogP contribution < -0.4 is 0 Å². The van der Waals surface area contributed by atoms with Gasteiger partial charge in [-0.05, 0) is 97.8 Å². The van der Waals surface area contributed by atoms with Gasteiger partial charge < -0.3 is 63.4 Å². The van der Waals surface area contributed by atoms with Crippen LogP contribution in [0.25, 0.3) is 0 Å². The van der Waals surface area contributed by atoms with Gasteiger partial charge in [-0.2, -0.15) is 0 Å². The molecule has 62 heavy (non-hydrogen) atoms. The smallest absolute Gasteiger partial charge is 0.308 e. The van der Waals surface area contributed by atoms with Crippen molar-refractivity contribution in [2.75, 3.05) is 6.61 Å². The minimum Gasteiger partial charge on any atom is -0.481 e. The highest BCUT2D eigenvalue weighted by Crippen LogP contribution is 2.55. The van der Waals surface area contributed by atoms with E-state index in [0.717, 1.165) is 37.7 Å². The molecule has 8 aliphatic rings. The van der Waals surface area contributed by atoms with E-state index >= 15 is 0 Å². The third-order valence-corrected chi connectivity index (χ3v) is 15.7. The summed E-state index contributed by atoms with van der Waals surface area (Å²) >= 11 is 0. The van der Waals surface area contributed by atoms with Crippen LogP contribution in [-0.2, 0) is 47.5 Å². The van der Waals surface area contributed by atoms with E-state index in [4.69, 9.17) is 37.9 Å². The van der Waals surface area contributed by atoms with Gasteiger partial charge in [-0.1, -0.05) is 37.6 Å². The number of aliphatic carboxylic acids is 1. The number of carbonyl (C=O) groups excluding carboxylic acids is 1. The monoisotopic (exact) mass is 876 g/mol. The van der Waals surface area contributed by atoms with Gasteiger partial charge in [0.15, 0.2) is 17.4 Å². The van der Waals surface area contributed by atoms with Crippen molar-refractivity contribution in [2.24, 2.45) is 17.8 Å². The molecule has 8 rings (SSSR count). The summed E-state index contributed by atoms with van der Waals surface area (Å²) < 4.78 is 51.4. The molecular formula is C47H72O15. The summed E-state index contributed by atoms with van der Waals surface area (Å²) in [7, 11) is 0. The molecule has 2 bridgehead atoms. The molecule has 0 aliphatic carbocycles. The van der Waals surface area contributed by atoms with E-state index < -0.39 is 101 Å². The molecule has 0 radical (unpaired) electrons. The van der Waals surface area contributed by atoms with Crippen molar-refractivity contribution < 1.29 is 73.0 Å². The van der Waals surface area contributed by atoms with Crippen LogP contribution in [-0.4, -0.2) is 139 Å². The molecule has 5 N–H and O–H groups in total. The minimum absolute atomic E-state index is 0.00421. The fourth-order valence-electron chi connectivity index (χ4n) is 12.1. The second-order valence-corrected chi connectivity index (χ2v) is 21.2. The van der Waals surface area contributed by atoms with Crippen molar-refractivity contribution in [2.45, 2.75) is 234 Å². The number of aliphatic hydroxyl groups excluding tert-OH is 3. The van der Waals surface area contributed by atoms with Crippen molar-refractivity contribution in [3.05, 3.63) is 23.8 Å². The summed E-state index contributed by atoms with van der Waals surface area (Å²) in [6.45, 7) is 13.9. The molecule has 19 atom stereocenters. The third kappa shape index (κ3) is 8.89. The molecule has 8 fully saturated rings. The van der Waals surface area contributed by atoms with Gasteiger partial charge in [0.2, 0.25) is 5.79 Å². The predicted molar refractivity (Wildman–Crippen MR) is 221 cm³/mol. The molecule has 1 spiro atoms. The Balaban J connectivity index is 0.863. The maximum Gasteiger partial charge on any atom is 0.308 e. The maximum atomic E-state index is 13.9. The summed E-state index contributed by atoms with van der Waals surface area (Å²) in [5.74, 6) is -5.58. The van der Waals surface area contributed by atoms with Crippen molar-refractivity contribution in [1.82, 2.24) is 0 Å². The van der Waals surface area contributed by atoms with E-state index in [0.29, 0.717) is 51.6 Å². The van der Waals surface area contributed by atoms with Gasteiger partial charge >= 0.3 is 5.97 Å². The summed E-state index contributed by atoms with van der Waals surface area (Å²) in [5, 5.41) is 54.0. The lowest BCUT2D eigenvalue weighted by molar-refractivity contribution is -0.359. The number of carbonyl (C=O) groups is 2. The number of rotatable bonds is 12. The Morgan fingerprint density at radius 3 is 2.44 bits per heavy atom. The number of hydrogen-bond donors (Lipinski definition) is 5. The summed E-state index contributed by atoms with van der Waals surface area (Å²) in [6, 6.07) is 0. The number of fused-ring (bicyclic) bond motifs is 2. The predicted octanol–water partition coefficient (Wildman–Crippen LogP) is 4.77. The van der Waals surface area contributed by atoms with Crippen molar-refractivity contribution >= 4 is 11.8 Å². The van der Waals surface area contributed by atoms with Gasteiger partial charge in [0.05, 0.1) is 48.1 Å². The second-order valence-electron chi connectivity index (χ2n) is 21.2. The lowest BCUT2D eigenvalue weighted by Gasteiger charge is -2.47. The molecule has 0 aromatic rings. The summed E-state index contributed by atoms with van der Waals surface area (Å²) in [6.07, 6.45) is 6.29. The van der Waals surface area contributed by atoms with E-state index in [9.17, 15) is 35.1 Å². The number of carboxylic acids is 1. The Hall–Kier alpha value is -1.86. The van der Waals surface area contributed by atoms with Gasteiger partial charge in [-0.15, -0.1) is 0 Å². The number of ether oxygens (including phenoxy) is 8. The molecule has 0 unspecified atom stereocenters. The van der Waals surface area contributed by atoms with E-state index in [1.54, 1.807) is 19.9 Å². The zero-order valence-corrected chi connectivity index (χ0v) is 37.7. The van der Waals surface area contributed by atoms with Crippen LogP contribution in [0.2, 0.25) is 0 Å². The highest BCUT2D eigenvalue weighted by Gasteiger charge is 2.64. The van der Waals surface area contributed by atoms with Crippen molar-refractivity contribution in [3.63, 3.8) is 0 Å². The SMILES string of the molecule is CC(/C=C/[C@H]1O[C@@H]([C@@]2(O)OCC[C@@H](C)[C@H]2O)C[C@H]1O)=C\[C@H](C)C[C@@]1(C)CC[C@H]([C@@]23CC[C@@](C)(C[C@H]([C@H]4O[C@@](C)([C@@H](O)[C@@H]5CC[C@]6(CCC[C@H]([C@@H](C)C(=O)O)O6)O5)CC4=O)O2)O3)O1. The van der Waals surface area contributed by atoms with Crippen LogP contribution in [0.4, 0.5) is 0 Å². The average molecular weight is 877 g/mol. The Labute approximate surface area is 365 Å². The number of hydrogen-bond acceptors (Lipinski definition) is 14. The molecule has 0 aromatic heterocycles. The molecule has 0 saturated carbocycles. The maximum absolute atomic E-state index is 13.9. The van der Waals surface area contributed by atoms with E-state index in [1.165, 1.54) is 0 Å².